The van der Waals surface area contributed by atoms with Crippen molar-refractivity contribution in [3.05, 3.63) is 71.2 Å². The number of nitrogens with zero attached hydrogens (tertiary/aromatic N) is 2. The Bertz CT molecular complexity index is 1060. The number of hydrogen-bond donors (Lipinski definition) is 3. The molecule has 6 nitrogen and oxygen atoms in total. The van der Waals surface area contributed by atoms with Crippen molar-refractivity contribution < 1.29 is 14.4 Å². The van der Waals surface area contributed by atoms with Gasteiger partial charge in [-0.1, -0.05) is 24.3 Å². The normalized spacial score (nSPS) is 19.7. The van der Waals surface area contributed by atoms with Crippen molar-refractivity contribution in [1.29, 1.82) is 0 Å². The number of fused-ring (bicyclic) bond motifs is 1. The number of aromatic nitrogens is 2. The lowest BCUT2D eigenvalue weighted by Crippen LogP contribution is -2.31. The zero-order chi connectivity index (χ0) is 21.1. The Morgan fingerprint density at radius 1 is 1.37 bits per heavy atom. The van der Waals surface area contributed by atoms with Crippen LogP contribution in [0.5, 0.6) is 0 Å². The molecule has 7 heteroatoms. The minimum absolute atomic E-state index is 0.118. The average Bonchev–Trinajstić information content (AvgIpc) is 3.26. The van der Waals surface area contributed by atoms with E-state index in [4.69, 9.17) is 5.21 Å². The van der Waals surface area contributed by atoms with Crippen molar-refractivity contribution in [3.63, 3.8) is 0 Å². The van der Waals surface area contributed by atoms with Gasteiger partial charge in [-0.2, -0.15) is 0 Å². The summed E-state index contributed by atoms with van der Waals surface area (Å²) in [7, 11) is 0. The molecule has 0 spiro atoms. The Kier molecular flexibility index (Phi) is 5.92. The summed E-state index contributed by atoms with van der Waals surface area (Å²) >= 11 is 0. The predicted octanol–water partition coefficient (Wildman–Crippen LogP) is 3.55. The molecule has 1 aliphatic heterocycles. The Hall–Kier alpha value is -3.03. The standard InChI is InChI=1S/C23H25FN4O2/c1-15-21(20-4-2-3-5-22(20)26-15)11-19-10-17(24)13-28(19)14-18-8-6-16(12-25-18)7-9-23(29)27-30/h2-9,12,17,19,26,30H,10-11,13-14H2,1H3,(H,27,29). The molecule has 156 valence electrons. The summed E-state index contributed by atoms with van der Waals surface area (Å²) < 4.78 is 14.3. The summed E-state index contributed by atoms with van der Waals surface area (Å²) in [5.74, 6) is -0.597. The fraction of sp³-hybridized carbons (Fsp3) is 0.304. The second-order valence-corrected chi connectivity index (χ2v) is 7.79. The van der Waals surface area contributed by atoms with Gasteiger partial charge in [0.2, 0.25) is 0 Å². The first-order valence-corrected chi connectivity index (χ1v) is 10.0. The number of carbonyl (C=O) groups is 1. The molecule has 2 unspecified atom stereocenters. The largest absolute Gasteiger partial charge is 0.358 e. The third kappa shape index (κ3) is 4.42. The van der Waals surface area contributed by atoms with Crippen molar-refractivity contribution in [1.82, 2.24) is 20.3 Å². The van der Waals surface area contributed by atoms with E-state index in [0.29, 0.717) is 19.5 Å². The van der Waals surface area contributed by atoms with Gasteiger partial charge in [0.1, 0.15) is 6.17 Å². The quantitative estimate of drug-likeness (QED) is 0.331. The molecule has 0 radical (unpaired) electrons. The highest BCUT2D eigenvalue weighted by atomic mass is 19.1. The Balaban J connectivity index is 1.47. The number of aryl methyl sites for hydroxylation is 1. The highest BCUT2D eigenvalue weighted by molar-refractivity contribution is 5.90. The Morgan fingerprint density at radius 3 is 2.97 bits per heavy atom. The van der Waals surface area contributed by atoms with E-state index in [1.807, 2.05) is 24.3 Å². The third-order valence-corrected chi connectivity index (χ3v) is 5.69. The molecule has 3 heterocycles. The summed E-state index contributed by atoms with van der Waals surface area (Å²) in [5, 5.41) is 9.73. The lowest BCUT2D eigenvalue weighted by Gasteiger charge is -2.24. The molecular formula is C23H25FN4O2. The van der Waals surface area contributed by atoms with Gasteiger partial charge in [-0.05, 0) is 49.1 Å². The number of hydrogen-bond acceptors (Lipinski definition) is 4. The maximum atomic E-state index is 14.3. The number of hydroxylamine groups is 1. The van der Waals surface area contributed by atoms with Crippen LogP contribution in [0.1, 0.15) is 28.9 Å². The number of benzene rings is 1. The molecule has 0 bridgehead atoms. The molecule has 3 N–H and O–H groups in total. The van der Waals surface area contributed by atoms with Gasteiger partial charge >= 0.3 is 0 Å². The van der Waals surface area contributed by atoms with Crippen molar-refractivity contribution in [2.75, 3.05) is 6.54 Å². The van der Waals surface area contributed by atoms with Crippen LogP contribution in [0.2, 0.25) is 0 Å². The van der Waals surface area contributed by atoms with Gasteiger partial charge in [-0.15, -0.1) is 0 Å². The molecule has 1 aliphatic rings. The maximum absolute atomic E-state index is 14.3. The summed E-state index contributed by atoms with van der Waals surface area (Å²) in [6.07, 6.45) is 4.95. The van der Waals surface area contributed by atoms with E-state index in [1.165, 1.54) is 17.0 Å². The van der Waals surface area contributed by atoms with Gasteiger partial charge in [0, 0.05) is 48.0 Å². The van der Waals surface area contributed by atoms with Crippen LogP contribution in [0.4, 0.5) is 4.39 Å². The number of carbonyl (C=O) groups excluding carboxylic acids is 1. The lowest BCUT2D eigenvalue weighted by atomic mass is 10.0. The molecule has 1 amide bonds. The smallest absolute Gasteiger partial charge is 0.267 e. The molecule has 0 saturated carbocycles. The Labute approximate surface area is 174 Å². The van der Waals surface area contributed by atoms with E-state index >= 15 is 0 Å². The third-order valence-electron chi connectivity index (χ3n) is 5.69. The van der Waals surface area contributed by atoms with Gasteiger partial charge < -0.3 is 4.98 Å². The molecular weight excluding hydrogens is 383 g/mol. The van der Waals surface area contributed by atoms with Gasteiger partial charge in [-0.25, -0.2) is 9.87 Å². The van der Waals surface area contributed by atoms with Gasteiger partial charge in [0.05, 0.1) is 5.69 Å². The van der Waals surface area contributed by atoms with E-state index in [0.717, 1.165) is 28.9 Å². The van der Waals surface area contributed by atoms with Crippen LogP contribution in [-0.2, 0) is 17.8 Å². The molecule has 3 aromatic rings. The highest BCUT2D eigenvalue weighted by Gasteiger charge is 2.33. The molecule has 30 heavy (non-hydrogen) atoms. The van der Waals surface area contributed by atoms with Crippen LogP contribution in [0.15, 0.2) is 48.7 Å². The maximum Gasteiger partial charge on any atom is 0.267 e. The molecule has 4 rings (SSSR count). The molecule has 1 aromatic carbocycles. The number of H-pyrrole nitrogens is 1. The van der Waals surface area contributed by atoms with Gasteiger partial charge in [-0.3, -0.25) is 19.9 Å². The minimum atomic E-state index is -0.834. The van der Waals surface area contributed by atoms with E-state index in [9.17, 15) is 9.18 Å². The fourth-order valence-corrected chi connectivity index (χ4v) is 4.21. The Morgan fingerprint density at radius 2 is 2.20 bits per heavy atom. The summed E-state index contributed by atoms with van der Waals surface area (Å²) in [6, 6.07) is 12.1. The zero-order valence-electron chi connectivity index (χ0n) is 16.8. The van der Waals surface area contributed by atoms with Gasteiger partial charge in [0.25, 0.3) is 5.91 Å². The molecule has 0 aliphatic carbocycles. The summed E-state index contributed by atoms with van der Waals surface area (Å²) in [6.45, 7) is 3.06. The number of nitrogens with one attached hydrogen (secondary N) is 2. The number of likely N-dealkylation sites (tertiary alicyclic amines) is 1. The first kappa shape index (κ1) is 20.3. The van der Waals surface area contributed by atoms with Crippen LogP contribution in [-0.4, -0.2) is 44.7 Å². The monoisotopic (exact) mass is 408 g/mol. The van der Waals surface area contributed by atoms with Crippen molar-refractivity contribution >= 4 is 22.9 Å². The van der Waals surface area contributed by atoms with E-state index in [2.05, 4.69) is 33.9 Å². The van der Waals surface area contributed by atoms with E-state index in [-0.39, 0.29) is 6.04 Å². The van der Waals surface area contributed by atoms with Crippen LogP contribution in [0.3, 0.4) is 0 Å². The number of amides is 1. The van der Waals surface area contributed by atoms with Crippen LogP contribution in [0.25, 0.3) is 17.0 Å². The second kappa shape index (κ2) is 8.77. The number of rotatable bonds is 6. The second-order valence-electron chi connectivity index (χ2n) is 7.79. The summed E-state index contributed by atoms with van der Waals surface area (Å²) in [5.41, 5.74) is 6.66. The molecule has 2 atom stereocenters. The number of alkyl halides is 1. The van der Waals surface area contributed by atoms with Crippen molar-refractivity contribution in [2.45, 2.75) is 38.5 Å². The van der Waals surface area contributed by atoms with Crippen molar-refractivity contribution in [2.24, 2.45) is 0 Å². The first-order chi connectivity index (χ1) is 14.5. The SMILES string of the molecule is Cc1[nH]c2ccccc2c1CC1CC(F)CN1Cc1ccc(C=CC(=O)NO)cn1. The minimum Gasteiger partial charge on any atom is -0.358 e. The van der Waals surface area contributed by atoms with Crippen molar-refractivity contribution in [3.8, 4) is 0 Å². The van der Waals surface area contributed by atoms with E-state index < -0.39 is 12.1 Å². The molecule has 1 fully saturated rings. The van der Waals surface area contributed by atoms with Crippen LogP contribution < -0.4 is 5.48 Å². The topological polar surface area (TPSA) is 81.2 Å². The zero-order valence-corrected chi connectivity index (χ0v) is 16.8. The van der Waals surface area contributed by atoms with E-state index in [1.54, 1.807) is 17.8 Å². The van der Waals surface area contributed by atoms with Crippen LogP contribution >= 0.6 is 0 Å². The lowest BCUT2D eigenvalue weighted by molar-refractivity contribution is -0.124. The predicted molar refractivity (Wildman–Crippen MR) is 114 cm³/mol. The number of para-hydroxylation sites is 1. The number of aromatic amines is 1. The average molecular weight is 408 g/mol. The van der Waals surface area contributed by atoms with Gasteiger partial charge in [0.15, 0.2) is 0 Å². The number of pyridine rings is 1. The van der Waals surface area contributed by atoms with Crippen LogP contribution in [0, 0.1) is 6.92 Å². The highest BCUT2D eigenvalue weighted by Crippen LogP contribution is 2.30. The first-order valence-electron chi connectivity index (χ1n) is 10.0. The molecule has 2 aromatic heterocycles. The summed E-state index contributed by atoms with van der Waals surface area (Å²) in [4.78, 5) is 21.1. The number of halogens is 1. The molecule has 1 saturated heterocycles. The fourth-order valence-electron chi connectivity index (χ4n) is 4.21.